The van der Waals surface area contributed by atoms with Gasteiger partial charge in [-0.05, 0) is 49.0 Å². The summed E-state index contributed by atoms with van der Waals surface area (Å²) in [5.74, 6) is -0.0946. The SMILES string of the molecule is CCC1(C)C=C(O)C=CC(OC(F)(F)C2=CC(C)(C)C=C(O)C=C2)=C1. The molecule has 2 rings (SSSR count). The van der Waals surface area contributed by atoms with Gasteiger partial charge in [-0.3, -0.25) is 0 Å². The summed E-state index contributed by atoms with van der Waals surface area (Å²) in [6, 6.07) is 0. The number of halogens is 2. The molecular formula is C20H24F2O3. The van der Waals surface area contributed by atoms with E-state index in [1.807, 2.05) is 13.8 Å². The summed E-state index contributed by atoms with van der Waals surface area (Å²) in [7, 11) is 0. The van der Waals surface area contributed by atoms with Crippen LogP contribution in [0.25, 0.3) is 0 Å². The van der Waals surface area contributed by atoms with Crippen LogP contribution in [0, 0.1) is 10.8 Å². The van der Waals surface area contributed by atoms with E-state index in [-0.39, 0.29) is 22.9 Å². The number of allylic oxidation sites excluding steroid dienone is 7. The van der Waals surface area contributed by atoms with Gasteiger partial charge in [0.15, 0.2) is 0 Å². The lowest BCUT2D eigenvalue weighted by Crippen LogP contribution is -2.24. The highest BCUT2D eigenvalue weighted by atomic mass is 19.3. The Morgan fingerprint density at radius 1 is 0.920 bits per heavy atom. The van der Waals surface area contributed by atoms with Crippen molar-refractivity contribution >= 4 is 0 Å². The number of ether oxygens (including phenoxy) is 1. The van der Waals surface area contributed by atoms with Gasteiger partial charge in [-0.25, -0.2) is 0 Å². The third-order valence-electron chi connectivity index (χ3n) is 4.19. The molecule has 3 nitrogen and oxygen atoms in total. The van der Waals surface area contributed by atoms with Gasteiger partial charge in [0.05, 0.1) is 5.57 Å². The largest absolute Gasteiger partial charge is 0.508 e. The van der Waals surface area contributed by atoms with Crippen LogP contribution in [-0.2, 0) is 4.74 Å². The van der Waals surface area contributed by atoms with E-state index in [1.165, 1.54) is 30.4 Å². The van der Waals surface area contributed by atoms with Crippen LogP contribution < -0.4 is 0 Å². The molecule has 0 spiro atoms. The van der Waals surface area contributed by atoms with Crippen molar-refractivity contribution < 1.29 is 23.7 Å². The molecule has 0 bridgehead atoms. The topological polar surface area (TPSA) is 49.7 Å². The minimum atomic E-state index is -3.59. The molecule has 0 aromatic heterocycles. The molecule has 0 aromatic rings. The molecule has 0 amide bonds. The van der Waals surface area contributed by atoms with Crippen molar-refractivity contribution in [3.8, 4) is 0 Å². The molecule has 2 aliphatic carbocycles. The molecule has 0 fully saturated rings. The van der Waals surface area contributed by atoms with Crippen molar-refractivity contribution in [3.05, 3.63) is 71.5 Å². The van der Waals surface area contributed by atoms with E-state index < -0.39 is 16.9 Å². The predicted octanol–water partition coefficient (Wildman–Crippen LogP) is 5.87. The zero-order valence-corrected chi connectivity index (χ0v) is 14.9. The fraction of sp³-hybridized carbons (Fsp3) is 0.400. The minimum absolute atomic E-state index is 0.00588. The average Bonchev–Trinajstić information content (AvgIpc) is 2.70. The van der Waals surface area contributed by atoms with Crippen molar-refractivity contribution in [2.24, 2.45) is 10.8 Å². The van der Waals surface area contributed by atoms with Crippen LogP contribution >= 0.6 is 0 Å². The van der Waals surface area contributed by atoms with Crippen molar-refractivity contribution in [1.82, 2.24) is 0 Å². The summed E-state index contributed by atoms with van der Waals surface area (Å²) >= 11 is 0. The second kappa shape index (κ2) is 6.54. The quantitative estimate of drug-likeness (QED) is 0.666. The third-order valence-corrected chi connectivity index (χ3v) is 4.19. The van der Waals surface area contributed by atoms with Crippen LogP contribution in [0.3, 0.4) is 0 Å². The molecule has 0 aromatic carbocycles. The van der Waals surface area contributed by atoms with Crippen LogP contribution in [-0.4, -0.2) is 16.3 Å². The highest BCUT2D eigenvalue weighted by Gasteiger charge is 2.38. The molecule has 2 aliphatic rings. The Morgan fingerprint density at radius 2 is 1.52 bits per heavy atom. The lowest BCUT2D eigenvalue weighted by Gasteiger charge is -2.24. The first-order valence-electron chi connectivity index (χ1n) is 8.17. The molecular weight excluding hydrogens is 326 g/mol. The van der Waals surface area contributed by atoms with Crippen molar-refractivity contribution in [3.63, 3.8) is 0 Å². The molecule has 5 heteroatoms. The minimum Gasteiger partial charge on any atom is -0.508 e. The van der Waals surface area contributed by atoms with Gasteiger partial charge >= 0.3 is 6.11 Å². The first kappa shape index (κ1) is 19.0. The molecule has 0 heterocycles. The van der Waals surface area contributed by atoms with Crippen molar-refractivity contribution in [2.75, 3.05) is 0 Å². The Labute approximate surface area is 147 Å². The number of aliphatic hydroxyl groups is 2. The fourth-order valence-electron chi connectivity index (χ4n) is 2.72. The van der Waals surface area contributed by atoms with Crippen molar-refractivity contribution in [1.29, 1.82) is 0 Å². The second-order valence-corrected chi connectivity index (χ2v) is 7.25. The van der Waals surface area contributed by atoms with E-state index in [9.17, 15) is 19.0 Å². The number of hydrogen-bond acceptors (Lipinski definition) is 3. The van der Waals surface area contributed by atoms with Crippen LogP contribution in [0.2, 0.25) is 0 Å². The summed E-state index contributed by atoms with van der Waals surface area (Å²) in [5.41, 5.74) is -1.68. The van der Waals surface area contributed by atoms with Gasteiger partial charge in [0, 0.05) is 10.8 Å². The maximum absolute atomic E-state index is 14.7. The molecule has 136 valence electrons. The third kappa shape index (κ3) is 4.84. The lowest BCUT2D eigenvalue weighted by atomic mass is 9.86. The Hall–Kier alpha value is -2.30. The number of aliphatic hydroxyl groups excluding tert-OH is 2. The van der Waals surface area contributed by atoms with E-state index in [0.717, 1.165) is 6.08 Å². The number of rotatable bonds is 4. The molecule has 0 saturated heterocycles. The standard InChI is InChI=1S/C20H24F2O3/c1-5-19(4)12-16(24)8-9-17(13-19)25-20(21,22)14-6-7-15(23)11-18(2,3)10-14/h6-13,23-24H,5H2,1-4H3. The zero-order chi connectivity index (χ0) is 18.9. The van der Waals surface area contributed by atoms with E-state index in [1.54, 1.807) is 26.0 Å². The first-order chi connectivity index (χ1) is 11.4. The van der Waals surface area contributed by atoms with Gasteiger partial charge in [-0.1, -0.05) is 33.8 Å². The summed E-state index contributed by atoms with van der Waals surface area (Å²) in [6.45, 7) is 7.16. The van der Waals surface area contributed by atoms with Gasteiger partial charge < -0.3 is 14.9 Å². The van der Waals surface area contributed by atoms with Gasteiger partial charge in [0.2, 0.25) is 0 Å². The fourth-order valence-corrected chi connectivity index (χ4v) is 2.72. The highest BCUT2D eigenvalue weighted by Crippen LogP contribution is 2.38. The van der Waals surface area contributed by atoms with Crippen molar-refractivity contribution in [2.45, 2.75) is 40.2 Å². The zero-order valence-electron chi connectivity index (χ0n) is 14.9. The average molecular weight is 350 g/mol. The van der Waals surface area contributed by atoms with Crippen LogP contribution in [0.15, 0.2) is 71.5 Å². The Kier molecular flexibility index (Phi) is 4.98. The van der Waals surface area contributed by atoms with E-state index in [2.05, 4.69) is 0 Å². The van der Waals surface area contributed by atoms with Gasteiger partial charge in [-0.2, -0.15) is 8.78 Å². The Morgan fingerprint density at radius 3 is 2.16 bits per heavy atom. The first-order valence-corrected chi connectivity index (χ1v) is 8.17. The van der Waals surface area contributed by atoms with Crippen LogP contribution in [0.5, 0.6) is 0 Å². The summed E-state index contributed by atoms with van der Waals surface area (Å²) in [6.07, 6.45) is 8.09. The van der Waals surface area contributed by atoms with Gasteiger partial charge in [0.25, 0.3) is 0 Å². The Bertz CT molecular complexity index is 721. The highest BCUT2D eigenvalue weighted by molar-refractivity contribution is 5.37. The van der Waals surface area contributed by atoms with E-state index in [4.69, 9.17) is 4.74 Å². The van der Waals surface area contributed by atoms with E-state index in [0.29, 0.717) is 6.42 Å². The van der Waals surface area contributed by atoms with Gasteiger partial charge in [0.1, 0.15) is 17.3 Å². The van der Waals surface area contributed by atoms with E-state index >= 15 is 0 Å². The molecule has 25 heavy (non-hydrogen) atoms. The van der Waals surface area contributed by atoms with Crippen LogP contribution in [0.4, 0.5) is 8.78 Å². The number of alkyl halides is 2. The van der Waals surface area contributed by atoms with Gasteiger partial charge in [-0.15, -0.1) is 0 Å². The molecule has 0 aliphatic heterocycles. The molecule has 0 radical (unpaired) electrons. The molecule has 2 N–H and O–H groups in total. The maximum Gasteiger partial charge on any atom is 0.426 e. The molecule has 1 atom stereocenters. The predicted molar refractivity (Wildman–Crippen MR) is 94.1 cm³/mol. The smallest absolute Gasteiger partial charge is 0.426 e. The second-order valence-electron chi connectivity index (χ2n) is 7.25. The van der Waals surface area contributed by atoms with Crippen LogP contribution in [0.1, 0.15) is 34.1 Å². The summed E-state index contributed by atoms with van der Waals surface area (Å²) < 4.78 is 34.5. The lowest BCUT2D eigenvalue weighted by molar-refractivity contribution is -0.177. The number of hydrogen-bond donors (Lipinski definition) is 2. The summed E-state index contributed by atoms with van der Waals surface area (Å²) in [4.78, 5) is 0. The monoisotopic (exact) mass is 350 g/mol. The Balaban J connectivity index is 2.34. The normalized spacial score (nSPS) is 26.0. The molecule has 1 unspecified atom stereocenters. The maximum atomic E-state index is 14.7. The summed E-state index contributed by atoms with van der Waals surface area (Å²) in [5, 5.41) is 19.5. The molecule has 0 saturated carbocycles.